The maximum atomic E-state index is 15.1. The predicted octanol–water partition coefficient (Wildman–Crippen LogP) is 7.34. The molecule has 2 heterocycles. The van der Waals surface area contributed by atoms with Gasteiger partial charge in [0.05, 0.1) is 37.1 Å². The summed E-state index contributed by atoms with van der Waals surface area (Å²) in [5, 5.41) is 0. The number of alkyl halides is 3. The van der Waals surface area contributed by atoms with Gasteiger partial charge in [-0.2, -0.15) is 13.2 Å². The Morgan fingerprint density at radius 3 is 2.51 bits per heavy atom. The summed E-state index contributed by atoms with van der Waals surface area (Å²) in [6, 6.07) is 9.48. The van der Waals surface area contributed by atoms with Crippen molar-refractivity contribution in [2.24, 2.45) is 0 Å². The van der Waals surface area contributed by atoms with Crippen LogP contribution in [-0.2, 0) is 10.9 Å². The molecule has 0 bridgehead atoms. The second-order valence-corrected chi connectivity index (χ2v) is 8.80. The number of benzene rings is 2. The zero-order chi connectivity index (χ0) is 27.0. The molecule has 0 saturated carbocycles. The van der Waals surface area contributed by atoms with Crippen LogP contribution in [0.15, 0.2) is 55.0 Å². The smallest absolute Gasteiger partial charge is 0.416 e. The number of aryl methyl sites for hydroxylation is 1. The molecule has 0 N–H and O–H groups in total. The van der Waals surface area contributed by atoms with Crippen molar-refractivity contribution < 1.29 is 28.5 Å². The van der Waals surface area contributed by atoms with Gasteiger partial charge in [-0.25, -0.2) is 14.4 Å². The number of halogens is 4. The molecule has 0 aliphatic carbocycles. The van der Waals surface area contributed by atoms with Gasteiger partial charge in [0, 0.05) is 31.5 Å². The maximum Gasteiger partial charge on any atom is 0.416 e. The lowest BCUT2D eigenvalue weighted by molar-refractivity contribution is -0.137. The van der Waals surface area contributed by atoms with Gasteiger partial charge in [0.2, 0.25) is 0 Å². The van der Waals surface area contributed by atoms with E-state index in [0.29, 0.717) is 24.6 Å². The molecule has 37 heavy (non-hydrogen) atoms. The van der Waals surface area contributed by atoms with Crippen molar-refractivity contribution in [3.05, 3.63) is 72.1 Å². The first kappa shape index (κ1) is 28.4. The summed E-state index contributed by atoms with van der Waals surface area (Å²) in [5.41, 5.74) is 1.03. The molecule has 3 aromatic rings. The maximum absolute atomic E-state index is 15.1. The van der Waals surface area contributed by atoms with E-state index in [1.807, 2.05) is 13.0 Å². The van der Waals surface area contributed by atoms with E-state index in [-0.39, 0.29) is 24.7 Å². The summed E-state index contributed by atoms with van der Waals surface area (Å²) in [6.45, 7) is 7.21. The van der Waals surface area contributed by atoms with Crippen molar-refractivity contribution in [2.45, 2.75) is 58.4 Å². The highest BCUT2D eigenvalue weighted by atomic mass is 19.4. The van der Waals surface area contributed by atoms with Crippen molar-refractivity contribution in [1.29, 1.82) is 0 Å². The van der Waals surface area contributed by atoms with Crippen LogP contribution in [0.1, 0.15) is 45.8 Å². The topological polar surface area (TPSA) is 47.5 Å². The summed E-state index contributed by atoms with van der Waals surface area (Å²) in [5.74, 6) is -0.151. The van der Waals surface area contributed by atoms with Crippen LogP contribution in [0.25, 0.3) is 11.1 Å². The van der Waals surface area contributed by atoms with E-state index in [0.717, 1.165) is 37.1 Å². The minimum atomic E-state index is -4.49. The number of hydrogen-bond donors (Lipinski definition) is 0. The lowest BCUT2D eigenvalue weighted by Gasteiger charge is -2.43. The van der Waals surface area contributed by atoms with Gasteiger partial charge < -0.3 is 14.4 Å². The van der Waals surface area contributed by atoms with Crippen LogP contribution < -0.4 is 9.64 Å². The van der Waals surface area contributed by atoms with E-state index in [9.17, 15) is 13.2 Å². The second kappa shape index (κ2) is 12.9. The average Bonchev–Trinajstić information content (AvgIpc) is 2.89. The number of ether oxygens (including phenoxy) is 2. The number of anilines is 1. The zero-order valence-corrected chi connectivity index (χ0v) is 21.6. The molecule has 0 radical (unpaired) electrons. The fourth-order valence-electron chi connectivity index (χ4n) is 4.48. The summed E-state index contributed by atoms with van der Waals surface area (Å²) in [4.78, 5) is 9.71. The Hall–Kier alpha value is -3.20. The third-order valence-electron chi connectivity index (χ3n) is 6.29. The first-order chi connectivity index (χ1) is 17.7. The van der Waals surface area contributed by atoms with E-state index >= 15 is 4.39 Å². The molecule has 1 aromatic heterocycles. The van der Waals surface area contributed by atoms with Gasteiger partial charge in [-0.1, -0.05) is 32.4 Å². The average molecular weight is 522 g/mol. The number of aromatic nitrogens is 2. The van der Waals surface area contributed by atoms with Crippen LogP contribution in [0.4, 0.5) is 23.2 Å². The van der Waals surface area contributed by atoms with E-state index in [1.165, 1.54) is 37.7 Å². The fourth-order valence-corrected chi connectivity index (χ4v) is 4.48. The van der Waals surface area contributed by atoms with Gasteiger partial charge in [-0.3, -0.25) is 0 Å². The van der Waals surface area contributed by atoms with Gasteiger partial charge in [0.25, 0.3) is 0 Å². The Morgan fingerprint density at radius 1 is 1.16 bits per heavy atom. The Kier molecular flexibility index (Phi) is 9.86. The molecule has 9 heteroatoms. The van der Waals surface area contributed by atoms with Crippen molar-refractivity contribution in [3.63, 3.8) is 0 Å². The molecule has 2 atom stereocenters. The highest BCUT2D eigenvalue weighted by Crippen LogP contribution is 2.40. The monoisotopic (exact) mass is 521 g/mol. The third kappa shape index (κ3) is 7.19. The minimum absolute atomic E-state index is 0. The van der Waals surface area contributed by atoms with Gasteiger partial charge in [0.1, 0.15) is 17.9 Å². The molecular weight excluding hydrogens is 486 g/mol. The quantitative estimate of drug-likeness (QED) is 0.318. The molecule has 0 amide bonds. The second-order valence-electron chi connectivity index (χ2n) is 8.80. The molecule has 0 unspecified atom stereocenters. The molecule has 202 valence electrons. The van der Waals surface area contributed by atoms with Gasteiger partial charge in [0.15, 0.2) is 0 Å². The normalized spacial score (nSPS) is 17.7. The van der Waals surface area contributed by atoms with Crippen molar-refractivity contribution >= 4 is 5.69 Å². The minimum Gasteiger partial charge on any atom is -0.495 e. The van der Waals surface area contributed by atoms with Gasteiger partial charge in [-0.05, 0) is 49.6 Å². The molecular formula is C28H35F4N3O2. The Morgan fingerprint density at radius 2 is 1.95 bits per heavy atom. The van der Waals surface area contributed by atoms with E-state index in [2.05, 4.69) is 28.7 Å². The predicted molar refractivity (Wildman–Crippen MR) is 138 cm³/mol. The highest BCUT2D eigenvalue weighted by Gasteiger charge is 2.33. The lowest BCUT2D eigenvalue weighted by Crippen LogP contribution is -2.51. The van der Waals surface area contributed by atoms with Gasteiger partial charge in [-0.15, -0.1) is 0 Å². The molecule has 1 aliphatic heterocycles. The first-order valence-corrected chi connectivity index (χ1v) is 12.4. The Labute approximate surface area is 216 Å². The van der Waals surface area contributed by atoms with Crippen LogP contribution in [0.3, 0.4) is 0 Å². The highest BCUT2D eigenvalue weighted by molar-refractivity contribution is 5.73. The zero-order valence-electron chi connectivity index (χ0n) is 21.6. The lowest BCUT2D eigenvalue weighted by atomic mass is 9.97. The summed E-state index contributed by atoms with van der Waals surface area (Å²) in [7, 11) is 1.49. The van der Waals surface area contributed by atoms with E-state index in [4.69, 9.17) is 9.47 Å². The third-order valence-corrected chi connectivity index (χ3v) is 6.29. The fraction of sp³-hybridized carbons (Fsp3) is 0.429. The largest absolute Gasteiger partial charge is 0.495 e. The van der Waals surface area contributed by atoms with Crippen molar-refractivity contribution in [2.75, 3.05) is 25.2 Å². The van der Waals surface area contributed by atoms with Crippen LogP contribution >= 0.6 is 0 Å². The first-order valence-electron chi connectivity index (χ1n) is 12.4. The molecule has 0 spiro atoms. The van der Waals surface area contributed by atoms with E-state index in [1.54, 1.807) is 6.20 Å². The van der Waals surface area contributed by atoms with Crippen LogP contribution in [0.2, 0.25) is 0 Å². The molecule has 1 aliphatic rings. The summed E-state index contributed by atoms with van der Waals surface area (Å²) in [6.07, 6.45) is 1.49. The molecule has 4 rings (SSSR count). The van der Waals surface area contributed by atoms with E-state index < -0.39 is 17.6 Å². The van der Waals surface area contributed by atoms with Crippen molar-refractivity contribution in [1.82, 2.24) is 9.97 Å². The number of rotatable bonds is 6. The molecule has 1 saturated heterocycles. The number of hydrogen-bond acceptors (Lipinski definition) is 5. The van der Waals surface area contributed by atoms with Crippen LogP contribution in [-0.4, -0.2) is 42.4 Å². The Balaban J connectivity index is 0.000000549. The molecule has 1 fully saturated rings. The standard InChI is InChI=1S/C23H27F4NO2.C5H6N2.H2/c1-4-7-19-21(5-2)30-11-10-28(19)20-14-18(24)17(13-22(20)29-3)15-8-6-9-16(12-15)23(25,26)27;1-5-2-3-6-4-7-5;/h6,8-9,12-14,19,21H,4-5,7,10-11H2,1-3H3;2-4H,1H3;1H/t19-,21-;;/m1../s1. The molecule has 2 aromatic carbocycles. The number of nitrogens with zero attached hydrogens (tertiary/aromatic N) is 3. The van der Waals surface area contributed by atoms with Crippen LogP contribution in [0, 0.1) is 12.7 Å². The summed E-state index contributed by atoms with van der Waals surface area (Å²) < 4.78 is 65.8. The molecule has 5 nitrogen and oxygen atoms in total. The Bertz CT molecular complexity index is 1150. The number of morpholine rings is 1. The number of methoxy groups -OCH3 is 1. The van der Waals surface area contributed by atoms with Gasteiger partial charge >= 0.3 is 6.18 Å². The van der Waals surface area contributed by atoms with Crippen molar-refractivity contribution in [3.8, 4) is 16.9 Å². The van der Waals surface area contributed by atoms with Crippen LogP contribution in [0.5, 0.6) is 5.75 Å². The summed E-state index contributed by atoms with van der Waals surface area (Å²) >= 11 is 0. The SMILES string of the molecule is CCC[C@@H]1[C@@H](CC)OCCN1c1cc(F)c(-c2cccc(C(F)(F)F)c2)cc1OC.Cc1ccncn1.[HH].